The summed E-state index contributed by atoms with van der Waals surface area (Å²) in [7, 11) is 2.17. The highest BCUT2D eigenvalue weighted by Crippen LogP contribution is 2.47. The molecular weight excluding hydrogens is 268 g/mol. The molecule has 0 radical (unpaired) electrons. The molecule has 0 aromatic rings. The molecule has 1 saturated carbocycles. The number of fused-ring (bicyclic) bond motifs is 2. The van der Waals surface area contributed by atoms with E-state index in [-0.39, 0.29) is 11.7 Å². The van der Waals surface area contributed by atoms with Gasteiger partial charge in [0.15, 0.2) is 5.84 Å². The van der Waals surface area contributed by atoms with Crippen LogP contribution in [-0.4, -0.2) is 59.0 Å². The highest BCUT2D eigenvalue weighted by Gasteiger charge is 2.54. The molecule has 3 fully saturated rings. The van der Waals surface area contributed by atoms with Gasteiger partial charge in [0.1, 0.15) is 5.41 Å². The molecular formula is C15H26N4O2. The second-order valence-corrected chi connectivity index (χ2v) is 7.17. The molecule has 2 atom stereocenters. The van der Waals surface area contributed by atoms with Gasteiger partial charge in [-0.25, -0.2) is 0 Å². The van der Waals surface area contributed by atoms with Crippen LogP contribution in [0.15, 0.2) is 5.16 Å². The summed E-state index contributed by atoms with van der Waals surface area (Å²) in [5.41, 5.74) is 5.11. The molecule has 3 rings (SSSR count). The topological polar surface area (TPSA) is 82.2 Å². The molecule has 3 N–H and O–H groups in total. The molecule has 2 heterocycles. The molecule has 3 aliphatic rings. The minimum absolute atomic E-state index is 0.0665. The quantitative estimate of drug-likeness (QED) is 0.342. The van der Waals surface area contributed by atoms with Crippen molar-refractivity contribution in [1.82, 2.24) is 9.80 Å². The van der Waals surface area contributed by atoms with Crippen LogP contribution in [0.1, 0.15) is 39.0 Å². The van der Waals surface area contributed by atoms with Crippen molar-refractivity contribution in [3.05, 3.63) is 0 Å². The van der Waals surface area contributed by atoms with Crippen LogP contribution >= 0.6 is 0 Å². The van der Waals surface area contributed by atoms with Gasteiger partial charge in [0, 0.05) is 25.2 Å². The molecule has 2 unspecified atom stereocenters. The first-order chi connectivity index (χ1) is 9.98. The molecule has 6 nitrogen and oxygen atoms in total. The van der Waals surface area contributed by atoms with Crippen molar-refractivity contribution in [2.24, 2.45) is 22.2 Å². The number of likely N-dealkylation sites (tertiary alicyclic amines) is 1. The van der Waals surface area contributed by atoms with Gasteiger partial charge in [-0.2, -0.15) is 0 Å². The van der Waals surface area contributed by atoms with Gasteiger partial charge in [-0.3, -0.25) is 9.69 Å². The SMILES string of the molecule is CC1CC(C(=O)N2CCC3CCC(C2)N3C)(C(N)=NO)C1. The zero-order valence-corrected chi connectivity index (χ0v) is 13.0. The second kappa shape index (κ2) is 5.16. The summed E-state index contributed by atoms with van der Waals surface area (Å²) >= 11 is 0. The van der Waals surface area contributed by atoms with E-state index >= 15 is 0 Å². The maximum Gasteiger partial charge on any atom is 0.236 e. The fraction of sp³-hybridized carbons (Fsp3) is 0.867. The molecule has 21 heavy (non-hydrogen) atoms. The molecule has 1 amide bonds. The maximum atomic E-state index is 13.0. The molecule has 0 aromatic heterocycles. The lowest BCUT2D eigenvalue weighted by atomic mass is 9.61. The minimum Gasteiger partial charge on any atom is -0.409 e. The van der Waals surface area contributed by atoms with Gasteiger partial charge in [0.25, 0.3) is 0 Å². The van der Waals surface area contributed by atoms with Crippen LogP contribution in [0.5, 0.6) is 0 Å². The molecule has 2 saturated heterocycles. The lowest BCUT2D eigenvalue weighted by molar-refractivity contribution is -0.144. The van der Waals surface area contributed by atoms with Crippen LogP contribution in [-0.2, 0) is 4.79 Å². The number of nitrogens with two attached hydrogens (primary N) is 1. The first-order valence-corrected chi connectivity index (χ1v) is 7.97. The lowest BCUT2D eigenvalue weighted by Gasteiger charge is -2.46. The van der Waals surface area contributed by atoms with Gasteiger partial charge >= 0.3 is 0 Å². The predicted molar refractivity (Wildman–Crippen MR) is 80.0 cm³/mol. The van der Waals surface area contributed by atoms with Crippen LogP contribution in [0.4, 0.5) is 0 Å². The van der Waals surface area contributed by atoms with E-state index in [1.807, 2.05) is 4.90 Å². The maximum absolute atomic E-state index is 13.0. The lowest BCUT2D eigenvalue weighted by Crippen LogP contribution is -2.58. The van der Waals surface area contributed by atoms with Crippen LogP contribution in [0.2, 0.25) is 0 Å². The Morgan fingerprint density at radius 1 is 1.29 bits per heavy atom. The number of amides is 1. The Morgan fingerprint density at radius 3 is 2.57 bits per heavy atom. The van der Waals surface area contributed by atoms with Crippen molar-refractivity contribution in [3.8, 4) is 0 Å². The fourth-order valence-corrected chi connectivity index (χ4v) is 4.51. The van der Waals surface area contributed by atoms with E-state index in [1.165, 1.54) is 6.42 Å². The Bertz CT molecular complexity index is 459. The Kier molecular flexibility index (Phi) is 3.59. The summed E-state index contributed by atoms with van der Waals surface area (Å²) in [6.45, 7) is 3.67. The molecule has 118 valence electrons. The fourth-order valence-electron chi connectivity index (χ4n) is 4.51. The summed E-state index contributed by atoms with van der Waals surface area (Å²) in [4.78, 5) is 17.4. The standard InChI is InChI=1S/C15H26N4O2/c1-10-7-15(8-10,13(16)17-21)14(20)19-6-5-11-3-4-12(9-19)18(11)2/h10-12,21H,3-9H2,1-2H3,(H2,16,17). The highest BCUT2D eigenvalue weighted by molar-refractivity contribution is 6.07. The molecule has 0 spiro atoms. The Hall–Kier alpha value is -1.30. The number of amidine groups is 1. The van der Waals surface area contributed by atoms with Crippen molar-refractivity contribution < 1.29 is 10.0 Å². The van der Waals surface area contributed by atoms with Gasteiger partial charge in [-0.05, 0) is 45.1 Å². The van der Waals surface area contributed by atoms with Crippen LogP contribution < -0.4 is 5.73 Å². The summed E-state index contributed by atoms with van der Waals surface area (Å²) in [6, 6.07) is 1.07. The zero-order valence-electron chi connectivity index (χ0n) is 13.0. The number of rotatable bonds is 2. The predicted octanol–water partition coefficient (Wildman–Crippen LogP) is 0.844. The number of hydrogen-bond donors (Lipinski definition) is 2. The Morgan fingerprint density at radius 2 is 1.95 bits per heavy atom. The number of nitrogens with zero attached hydrogens (tertiary/aromatic N) is 3. The monoisotopic (exact) mass is 294 g/mol. The van der Waals surface area contributed by atoms with E-state index in [4.69, 9.17) is 10.9 Å². The van der Waals surface area contributed by atoms with Gasteiger partial charge in [0.2, 0.25) is 5.91 Å². The third-order valence-corrected chi connectivity index (χ3v) is 5.84. The van der Waals surface area contributed by atoms with Crippen LogP contribution in [0, 0.1) is 11.3 Å². The van der Waals surface area contributed by atoms with E-state index in [0.29, 0.717) is 30.8 Å². The Balaban J connectivity index is 1.78. The average Bonchev–Trinajstić information content (AvgIpc) is 2.67. The Labute approximate surface area is 125 Å². The van der Waals surface area contributed by atoms with Crippen molar-refractivity contribution in [2.75, 3.05) is 20.1 Å². The van der Waals surface area contributed by atoms with Crippen molar-refractivity contribution in [2.45, 2.75) is 51.1 Å². The van der Waals surface area contributed by atoms with Crippen molar-refractivity contribution >= 4 is 11.7 Å². The molecule has 2 bridgehead atoms. The average molecular weight is 294 g/mol. The summed E-state index contributed by atoms with van der Waals surface area (Å²) < 4.78 is 0. The number of carbonyl (C=O) groups excluding carboxylic acids is 1. The largest absolute Gasteiger partial charge is 0.409 e. The minimum atomic E-state index is -0.754. The van der Waals surface area contributed by atoms with Gasteiger partial charge < -0.3 is 15.8 Å². The number of hydrogen-bond acceptors (Lipinski definition) is 4. The van der Waals surface area contributed by atoms with Crippen LogP contribution in [0.3, 0.4) is 0 Å². The summed E-state index contributed by atoms with van der Waals surface area (Å²) in [6.07, 6.45) is 4.83. The van der Waals surface area contributed by atoms with E-state index in [1.54, 1.807) is 0 Å². The van der Waals surface area contributed by atoms with Gasteiger partial charge in [-0.1, -0.05) is 12.1 Å². The molecule has 0 aromatic carbocycles. The molecule has 2 aliphatic heterocycles. The number of oxime groups is 1. The third kappa shape index (κ3) is 2.20. The van der Waals surface area contributed by atoms with E-state index in [0.717, 1.165) is 25.9 Å². The number of likely N-dealkylation sites (N-methyl/N-ethyl adjacent to an activating group) is 1. The smallest absolute Gasteiger partial charge is 0.236 e. The first-order valence-electron chi connectivity index (χ1n) is 7.97. The van der Waals surface area contributed by atoms with E-state index < -0.39 is 5.41 Å². The normalized spacial score (nSPS) is 40.8. The first kappa shape index (κ1) is 14.6. The van der Waals surface area contributed by atoms with Gasteiger partial charge in [-0.15, -0.1) is 0 Å². The van der Waals surface area contributed by atoms with E-state index in [9.17, 15) is 4.79 Å². The summed E-state index contributed by atoms with van der Waals surface area (Å²) in [5.74, 6) is 0.616. The zero-order chi connectivity index (χ0) is 15.2. The molecule has 1 aliphatic carbocycles. The third-order valence-electron chi connectivity index (χ3n) is 5.84. The van der Waals surface area contributed by atoms with Gasteiger partial charge in [0.05, 0.1) is 0 Å². The van der Waals surface area contributed by atoms with Crippen LogP contribution in [0.25, 0.3) is 0 Å². The summed E-state index contributed by atoms with van der Waals surface area (Å²) in [5, 5.41) is 12.2. The van der Waals surface area contributed by atoms with E-state index in [2.05, 4.69) is 24.0 Å². The molecule has 6 heteroatoms. The number of carbonyl (C=O) groups is 1. The van der Waals surface area contributed by atoms with Crippen molar-refractivity contribution in [1.29, 1.82) is 0 Å². The second-order valence-electron chi connectivity index (χ2n) is 7.17. The highest BCUT2D eigenvalue weighted by atomic mass is 16.4. The van der Waals surface area contributed by atoms with Crippen molar-refractivity contribution in [3.63, 3.8) is 0 Å².